The van der Waals surface area contributed by atoms with E-state index < -0.39 is 17.3 Å². The first-order chi connectivity index (χ1) is 5.93. The van der Waals surface area contributed by atoms with Crippen LogP contribution in [0.3, 0.4) is 0 Å². The summed E-state index contributed by atoms with van der Waals surface area (Å²) >= 11 is 0.711. The van der Waals surface area contributed by atoms with Crippen molar-refractivity contribution in [2.45, 2.75) is 6.30 Å². The van der Waals surface area contributed by atoms with Crippen molar-refractivity contribution in [3.05, 3.63) is 17.5 Å². The van der Waals surface area contributed by atoms with Crippen LogP contribution in [0.4, 0.5) is 23.0 Å². The summed E-state index contributed by atoms with van der Waals surface area (Å²) in [6.07, 6.45) is -6.92. The maximum atomic E-state index is 12.1. The highest BCUT2D eigenvalue weighted by Gasteiger charge is 2.43. The lowest BCUT2D eigenvalue weighted by molar-refractivity contribution is -0.123. The smallest absolute Gasteiger partial charge is 0.464 e. The minimum absolute atomic E-state index is 0.361. The minimum atomic E-state index is -4.89. The number of rotatable bonds is 1. The van der Waals surface area contributed by atoms with E-state index >= 15 is 0 Å². The maximum Gasteiger partial charge on any atom is 0.494 e. The molecule has 0 saturated heterocycles. The monoisotopic (exact) mass is 211 g/mol. The van der Waals surface area contributed by atoms with Crippen molar-refractivity contribution in [1.29, 1.82) is 0 Å². The molecule has 1 aromatic rings. The van der Waals surface area contributed by atoms with Crippen molar-refractivity contribution in [1.82, 2.24) is 0 Å². The number of thiophene rings is 1. The van der Waals surface area contributed by atoms with E-state index in [4.69, 9.17) is 5.11 Å². The molecule has 0 aromatic carbocycles. The molecular formula is C6H4F3NO2S. The first-order valence-corrected chi connectivity index (χ1v) is 3.94. The van der Waals surface area contributed by atoms with E-state index in [1.165, 1.54) is 11.4 Å². The Morgan fingerprint density at radius 3 is 2.46 bits per heavy atom. The van der Waals surface area contributed by atoms with Crippen LogP contribution in [0.25, 0.3) is 0 Å². The summed E-state index contributed by atoms with van der Waals surface area (Å²) in [7, 11) is 0. The van der Waals surface area contributed by atoms with E-state index in [1.54, 1.807) is 0 Å². The Balaban J connectivity index is 3.01. The summed E-state index contributed by atoms with van der Waals surface area (Å²) in [5.74, 6) is 0. The van der Waals surface area contributed by atoms with E-state index in [0.717, 1.165) is 6.07 Å². The van der Waals surface area contributed by atoms with Gasteiger partial charge in [-0.25, -0.2) is 4.79 Å². The summed E-state index contributed by atoms with van der Waals surface area (Å²) < 4.78 is 36.3. The maximum absolute atomic E-state index is 12.1. The van der Waals surface area contributed by atoms with Crippen LogP contribution >= 0.6 is 11.3 Å². The number of carbonyl (C=O) groups is 1. The summed E-state index contributed by atoms with van der Waals surface area (Å²) in [6, 6.07) is 2.44. The lowest BCUT2D eigenvalue weighted by Gasteiger charge is -2.19. The zero-order valence-corrected chi connectivity index (χ0v) is 6.89. The van der Waals surface area contributed by atoms with Gasteiger partial charge in [-0.15, -0.1) is 24.5 Å². The molecule has 0 aliphatic rings. The lowest BCUT2D eigenvalue weighted by atomic mass is 10.6. The minimum Gasteiger partial charge on any atom is -0.464 e. The molecule has 3 nitrogen and oxygen atoms in total. The van der Waals surface area contributed by atoms with Gasteiger partial charge < -0.3 is 5.11 Å². The molecule has 0 fully saturated rings. The fourth-order valence-electron chi connectivity index (χ4n) is 0.725. The SMILES string of the molecule is O=C(O)N(c1cccs1)C(F)(F)F. The third-order valence-corrected chi connectivity index (χ3v) is 2.02. The molecule has 0 unspecified atom stereocenters. The average molecular weight is 211 g/mol. The van der Waals surface area contributed by atoms with Gasteiger partial charge in [0.15, 0.2) is 0 Å². The molecule has 0 aliphatic carbocycles. The molecule has 0 radical (unpaired) electrons. The summed E-state index contributed by atoms with van der Waals surface area (Å²) in [6.45, 7) is 0. The predicted octanol–water partition coefficient (Wildman–Crippen LogP) is 2.75. The number of anilines is 1. The van der Waals surface area contributed by atoms with Gasteiger partial charge in [-0.3, -0.25) is 0 Å². The summed E-state index contributed by atoms with van der Waals surface area (Å²) in [4.78, 5) is 9.63. The molecule has 0 spiro atoms. The van der Waals surface area contributed by atoms with Crippen LogP contribution in [0, 0.1) is 0 Å². The number of amides is 1. The summed E-state index contributed by atoms with van der Waals surface area (Å²) in [5.41, 5.74) is 0. The second kappa shape index (κ2) is 3.25. The molecular weight excluding hydrogens is 207 g/mol. The fourth-order valence-corrected chi connectivity index (χ4v) is 1.47. The van der Waals surface area contributed by atoms with E-state index in [2.05, 4.69) is 0 Å². The molecule has 0 atom stereocenters. The Kier molecular flexibility index (Phi) is 2.46. The Hall–Kier alpha value is -1.24. The van der Waals surface area contributed by atoms with Gasteiger partial charge in [-0.1, -0.05) is 0 Å². The zero-order chi connectivity index (χ0) is 10.1. The van der Waals surface area contributed by atoms with Crippen molar-refractivity contribution in [3.63, 3.8) is 0 Å². The van der Waals surface area contributed by atoms with Crippen molar-refractivity contribution in [2.24, 2.45) is 0 Å². The van der Waals surface area contributed by atoms with E-state index in [-0.39, 0.29) is 5.00 Å². The van der Waals surface area contributed by atoms with Gasteiger partial charge in [0, 0.05) is 0 Å². The van der Waals surface area contributed by atoms with Crippen molar-refractivity contribution < 1.29 is 23.1 Å². The van der Waals surface area contributed by atoms with Gasteiger partial charge in [-0.2, -0.15) is 4.90 Å². The molecule has 0 bridgehead atoms. The average Bonchev–Trinajstić information content (AvgIpc) is 2.34. The van der Waals surface area contributed by atoms with Crippen LogP contribution < -0.4 is 4.90 Å². The first-order valence-electron chi connectivity index (χ1n) is 3.06. The highest BCUT2D eigenvalue weighted by molar-refractivity contribution is 7.14. The Bertz CT molecular complexity index is 295. The molecule has 0 aliphatic heterocycles. The largest absolute Gasteiger partial charge is 0.494 e. The standard InChI is InChI=1S/C6H4F3NO2S/c7-6(8,9)10(5(11)12)4-2-1-3-13-4/h1-3H,(H,11,12). The molecule has 7 heteroatoms. The predicted molar refractivity (Wildman–Crippen MR) is 40.9 cm³/mol. The number of halogens is 3. The van der Waals surface area contributed by atoms with Gasteiger partial charge in [-0.05, 0) is 17.5 Å². The van der Waals surface area contributed by atoms with E-state index in [0.29, 0.717) is 11.3 Å². The van der Waals surface area contributed by atoms with Crippen LogP contribution in [0.1, 0.15) is 0 Å². The second-order valence-electron chi connectivity index (χ2n) is 2.04. The van der Waals surface area contributed by atoms with Crippen LogP contribution in [0.2, 0.25) is 0 Å². The first kappa shape index (κ1) is 9.85. The van der Waals surface area contributed by atoms with Crippen LogP contribution in [0.15, 0.2) is 17.5 Å². The van der Waals surface area contributed by atoms with E-state index in [1.807, 2.05) is 0 Å². The Labute approximate surface area is 75.0 Å². The molecule has 1 amide bonds. The van der Waals surface area contributed by atoms with E-state index in [9.17, 15) is 18.0 Å². The normalized spacial score (nSPS) is 11.3. The van der Waals surface area contributed by atoms with Gasteiger partial charge in [0.05, 0.1) is 0 Å². The van der Waals surface area contributed by atoms with Gasteiger partial charge in [0.25, 0.3) is 0 Å². The second-order valence-corrected chi connectivity index (χ2v) is 2.96. The van der Waals surface area contributed by atoms with Crippen LogP contribution in [-0.2, 0) is 0 Å². The Morgan fingerprint density at radius 1 is 1.54 bits per heavy atom. The summed E-state index contributed by atoms with van der Waals surface area (Å²) in [5, 5.41) is 9.30. The van der Waals surface area contributed by atoms with Crippen molar-refractivity contribution >= 4 is 22.4 Å². The van der Waals surface area contributed by atoms with Crippen molar-refractivity contribution in [2.75, 3.05) is 4.90 Å². The molecule has 0 saturated carbocycles. The van der Waals surface area contributed by atoms with Gasteiger partial charge in [0.2, 0.25) is 0 Å². The molecule has 1 aromatic heterocycles. The molecule has 13 heavy (non-hydrogen) atoms. The highest BCUT2D eigenvalue weighted by Crippen LogP contribution is 2.31. The quantitative estimate of drug-likeness (QED) is 0.725. The number of hydrogen-bond acceptors (Lipinski definition) is 2. The van der Waals surface area contributed by atoms with Crippen LogP contribution in [0.5, 0.6) is 0 Å². The van der Waals surface area contributed by atoms with Crippen LogP contribution in [-0.4, -0.2) is 17.5 Å². The van der Waals surface area contributed by atoms with Crippen molar-refractivity contribution in [3.8, 4) is 0 Å². The third-order valence-electron chi connectivity index (χ3n) is 1.17. The topological polar surface area (TPSA) is 40.5 Å². The molecule has 72 valence electrons. The fraction of sp³-hybridized carbons (Fsp3) is 0.167. The number of nitrogens with zero attached hydrogens (tertiary/aromatic N) is 1. The highest BCUT2D eigenvalue weighted by atomic mass is 32.1. The molecule has 1 N–H and O–H groups in total. The lowest BCUT2D eigenvalue weighted by Crippen LogP contribution is -2.41. The third kappa shape index (κ3) is 2.11. The number of alkyl halides is 3. The molecule has 1 rings (SSSR count). The number of hydrogen-bond donors (Lipinski definition) is 1. The Morgan fingerprint density at radius 2 is 2.15 bits per heavy atom. The zero-order valence-electron chi connectivity index (χ0n) is 6.08. The molecule has 1 heterocycles. The van der Waals surface area contributed by atoms with Gasteiger partial charge >= 0.3 is 12.4 Å². The number of carboxylic acid groups (broad SMARTS) is 1. The van der Waals surface area contributed by atoms with Gasteiger partial charge in [0.1, 0.15) is 5.00 Å².